The Balaban J connectivity index is 2.52. The van der Waals surface area contributed by atoms with Gasteiger partial charge in [-0.1, -0.05) is 24.3 Å². The molecular weight excluding hydrogens is 342 g/mol. The van der Waals surface area contributed by atoms with E-state index in [0.29, 0.717) is 0 Å². The average Bonchev–Trinajstić information content (AvgIpc) is 2.47. The molecule has 0 heterocycles. The standard InChI is InChI=1S/C15H8F6OS/c16-14(17,18)11-5-1-3-9(7-11)13(23-22)10-4-2-6-12(8-10)15(19,20)21/h1-8H. The fraction of sp³-hybridized carbons (Fsp3) is 0.133. The summed E-state index contributed by atoms with van der Waals surface area (Å²) in [5, 5.41) is 0. The first-order valence-electron chi connectivity index (χ1n) is 6.15. The Bertz CT molecular complexity index is 713. The van der Waals surface area contributed by atoms with Gasteiger partial charge in [-0.15, -0.1) is 0 Å². The minimum Gasteiger partial charge on any atom is -0.212 e. The first kappa shape index (κ1) is 17.3. The molecule has 0 aliphatic rings. The number of rotatable bonds is 2. The SMILES string of the molecule is O=S=C(c1cccc(C(F)(F)F)c1)c1cccc(C(F)(F)F)c1. The molecule has 0 spiro atoms. The third-order valence-electron chi connectivity index (χ3n) is 2.99. The normalized spacial score (nSPS) is 12.1. The number of hydrogen-bond donors (Lipinski definition) is 0. The van der Waals surface area contributed by atoms with Gasteiger partial charge in [0, 0.05) is 0 Å². The van der Waals surface area contributed by atoms with Gasteiger partial charge in [0.2, 0.25) is 0 Å². The highest BCUT2D eigenvalue weighted by Gasteiger charge is 2.32. The third kappa shape index (κ3) is 4.01. The lowest BCUT2D eigenvalue weighted by Crippen LogP contribution is -2.10. The molecule has 0 saturated heterocycles. The highest BCUT2D eigenvalue weighted by atomic mass is 32.1. The van der Waals surface area contributed by atoms with Gasteiger partial charge in [-0.25, -0.2) is 4.21 Å². The van der Waals surface area contributed by atoms with E-state index in [0.717, 1.165) is 36.4 Å². The van der Waals surface area contributed by atoms with Crippen molar-refractivity contribution in [3.63, 3.8) is 0 Å². The number of hydrogen-bond acceptors (Lipinski definition) is 1. The predicted molar refractivity (Wildman–Crippen MR) is 74.2 cm³/mol. The van der Waals surface area contributed by atoms with Crippen molar-refractivity contribution in [1.29, 1.82) is 0 Å². The Morgan fingerprint density at radius 2 is 1.13 bits per heavy atom. The lowest BCUT2D eigenvalue weighted by Gasteiger charge is -2.11. The van der Waals surface area contributed by atoms with E-state index < -0.39 is 23.5 Å². The molecule has 2 rings (SSSR count). The second kappa shape index (κ2) is 6.19. The number of alkyl halides is 6. The van der Waals surface area contributed by atoms with Crippen molar-refractivity contribution in [1.82, 2.24) is 0 Å². The molecule has 2 aromatic carbocycles. The zero-order chi connectivity index (χ0) is 17.3. The van der Waals surface area contributed by atoms with Crippen molar-refractivity contribution < 1.29 is 30.6 Å². The Morgan fingerprint density at radius 3 is 1.43 bits per heavy atom. The molecule has 0 aliphatic heterocycles. The van der Waals surface area contributed by atoms with Crippen LogP contribution < -0.4 is 0 Å². The van der Waals surface area contributed by atoms with Gasteiger partial charge in [0.25, 0.3) is 0 Å². The molecule has 0 amide bonds. The zero-order valence-electron chi connectivity index (χ0n) is 11.2. The van der Waals surface area contributed by atoms with Crippen LogP contribution >= 0.6 is 0 Å². The van der Waals surface area contributed by atoms with Gasteiger partial charge in [0.15, 0.2) is 0 Å². The molecule has 0 unspecified atom stereocenters. The summed E-state index contributed by atoms with van der Waals surface area (Å²) in [6.07, 6.45) is -9.22. The molecule has 0 bridgehead atoms. The second-order valence-corrected chi connectivity index (χ2v) is 5.14. The lowest BCUT2D eigenvalue weighted by atomic mass is 10.0. The maximum atomic E-state index is 12.7. The van der Waals surface area contributed by atoms with Crippen LogP contribution in [0.4, 0.5) is 26.3 Å². The van der Waals surface area contributed by atoms with Gasteiger partial charge in [-0.3, -0.25) is 0 Å². The maximum absolute atomic E-state index is 12.7. The van der Waals surface area contributed by atoms with Crippen LogP contribution in [0.25, 0.3) is 0 Å². The smallest absolute Gasteiger partial charge is 0.212 e. The highest BCUT2D eigenvalue weighted by Crippen LogP contribution is 2.31. The summed E-state index contributed by atoms with van der Waals surface area (Å²) in [6, 6.07) is 7.81. The Morgan fingerprint density at radius 1 is 0.739 bits per heavy atom. The quantitative estimate of drug-likeness (QED) is 0.443. The first-order chi connectivity index (χ1) is 10.6. The largest absolute Gasteiger partial charge is 0.416 e. The molecule has 0 aromatic heterocycles. The Kier molecular flexibility index (Phi) is 4.65. The second-order valence-electron chi connectivity index (χ2n) is 4.57. The first-order valence-corrected chi connectivity index (χ1v) is 6.89. The molecule has 0 fully saturated rings. The zero-order valence-corrected chi connectivity index (χ0v) is 12.0. The third-order valence-corrected chi connectivity index (χ3v) is 3.63. The summed E-state index contributed by atoms with van der Waals surface area (Å²) in [6.45, 7) is 0. The van der Waals surface area contributed by atoms with E-state index in [4.69, 9.17) is 0 Å². The van der Waals surface area contributed by atoms with Crippen LogP contribution in [0.15, 0.2) is 48.5 Å². The minimum absolute atomic E-state index is 0.0841. The maximum Gasteiger partial charge on any atom is 0.416 e. The van der Waals surface area contributed by atoms with Crippen LogP contribution in [0.2, 0.25) is 0 Å². The number of benzene rings is 2. The van der Waals surface area contributed by atoms with E-state index in [-0.39, 0.29) is 27.2 Å². The van der Waals surface area contributed by atoms with Crippen LogP contribution in [0.5, 0.6) is 0 Å². The van der Waals surface area contributed by atoms with Crippen molar-refractivity contribution in [3.05, 3.63) is 70.8 Å². The van der Waals surface area contributed by atoms with Crippen molar-refractivity contribution in [3.8, 4) is 0 Å². The monoisotopic (exact) mass is 350 g/mol. The van der Waals surface area contributed by atoms with E-state index in [1.54, 1.807) is 0 Å². The van der Waals surface area contributed by atoms with Crippen LogP contribution in [-0.2, 0) is 23.6 Å². The average molecular weight is 350 g/mol. The summed E-state index contributed by atoms with van der Waals surface area (Å²) >= 11 is -0.153. The molecule has 8 heteroatoms. The topological polar surface area (TPSA) is 17.1 Å². The summed E-state index contributed by atoms with van der Waals surface area (Å²) in [5.74, 6) is 0. The molecule has 0 N–H and O–H groups in total. The van der Waals surface area contributed by atoms with E-state index in [9.17, 15) is 30.6 Å². The van der Waals surface area contributed by atoms with Crippen LogP contribution in [-0.4, -0.2) is 9.07 Å². The summed E-state index contributed by atoms with van der Waals surface area (Å²) in [4.78, 5) is -0.206. The van der Waals surface area contributed by atoms with E-state index in [2.05, 4.69) is 0 Å². The van der Waals surface area contributed by atoms with Crippen molar-refractivity contribution in [2.75, 3.05) is 0 Å². The molecule has 122 valence electrons. The van der Waals surface area contributed by atoms with Gasteiger partial charge in [0.1, 0.15) is 0 Å². The fourth-order valence-corrected chi connectivity index (χ4v) is 2.38. The van der Waals surface area contributed by atoms with Crippen LogP contribution in [0.3, 0.4) is 0 Å². The Hall–Kier alpha value is -2.09. The van der Waals surface area contributed by atoms with Gasteiger partial charge < -0.3 is 0 Å². The minimum atomic E-state index is -4.61. The summed E-state index contributed by atoms with van der Waals surface area (Å²) in [7, 11) is 0. The predicted octanol–water partition coefficient (Wildman–Crippen LogP) is 4.51. The molecule has 1 nitrogen and oxygen atoms in total. The molecule has 23 heavy (non-hydrogen) atoms. The van der Waals surface area contributed by atoms with Crippen molar-refractivity contribution >= 4 is 16.1 Å². The molecule has 2 aromatic rings. The fourth-order valence-electron chi connectivity index (χ4n) is 1.94. The van der Waals surface area contributed by atoms with Gasteiger partial charge in [-0.2, -0.15) is 26.3 Å². The summed E-state index contributed by atoms with van der Waals surface area (Å²) < 4.78 is 87.6. The molecule has 0 saturated carbocycles. The van der Waals surface area contributed by atoms with Gasteiger partial charge in [-0.05, 0) is 35.4 Å². The van der Waals surface area contributed by atoms with Gasteiger partial charge in [0.05, 0.1) is 27.2 Å². The van der Waals surface area contributed by atoms with Crippen molar-refractivity contribution in [2.24, 2.45) is 0 Å². The van der Waals surface area contributed by atoms with E-state index in [1.807, 2.05) is 0 Å². The molecule has 0 atom stereocenters. The highest BCUT2D eigenvalue weighted by molar-refractivity contribution is 7.67. The van der Waals surface area contributed by atoms with Gasteiger partial charge >= 0.3 is 12.4 Å². The number of halogens is 6. The van der Waals surface area contributed by atoms with Crippen molar-refractivity contribution in [2.45, 2.75) is 12.4 Å². The van der Waals surface area contributed by atoms with E-state index in [1.165, 1.54) is 12.1 Å². The molecule has 0 aliphatic carbocycles. The lowest BCUT2D eigenvalue weighted by molar-refractivity contribution is -0.138. The van der Waals surface area contributed by atoms with Crippen LogP contribution in [0, 0.1) is 0 Å². The van der Waals surface area contributed by atoms with Crippen LogP contribution in [0.1, 0.15) is 22.3 Å². The Labute approximate surface area is 130 Å². The molecular formula is C15H8F6OS. The molecule has 0 radical (unpaired) electrons. The van der Waals surface area contributed by atoms with E-state index >= 15 is 0 Å². The summed E-state index contributed by atoms with van der Waals surface area (Å²) in [5.41, 5.74) is -2.12.